The second kappa shape index (κ2) is 5.10. The molecule has 0 aromatic carbocycles. The monoisotopic (exact) mass is 254 g/mol. The molecule has 1 aliphatic rings. The van der Waals surface area contributed by atoms with Gasteiger partial charge in [0.05, 0.1) is 5.60 Å². The van der Waals surface area contributed by atoms with Gasteiger partial charge in [-0.25, -0.2) is 4.39 Å². The van der Waals surface area contributed by atoms with E-state index >= 15 is 0 Å². The summed E-state index contributed by atoms with van der Waals surface area (Å²) in [4.78, 5) is 3.73. The van der Waals surface area contributed by atoms with Crippen LogP contribution in [0.5, 0.6) is 5.88 Å². The Morgan fingerprint density at radius 1 is 1.56 bits per heavy atom. The van der Waals surface area contributed by atoms with Gasteiger partial charge < -0.3 is 15.2 Å². The van der Waals surface area contributed by atoms with Gasteiger partial charge >= 0.3 is 0 Å². The van der Waals surface area contributed by atoms with Crippen LogP contribution in [-0.2, 0) is 4.74 Å². The van der Waals surface area contributed by atoms with Crippen molar-refractivity contribution in [1.82, 2.24) is 4.98 Å². The summed E-state index contributed by atoms with van der Waals surface area (Å²) >= 11 is 0. The molecule has 5 heteroatoms. The SMILES string of the molecule is CC1(C)CC(CNc2nc(O)ccc2F)CCO1. The highest BCUT2D eigenvalue weighted by atomic mass is 19.1. The number of nitrogens with one attached hydrogen (secondary N) is 1. The molecule has 1 unspecified atom stereocenters. The molecule has 18 heavy (non-hydrogen) atoms. The van der Waals surface area contributed by atoms with Crippen molar-refractivity contribution in [3.05, 3.63) is 17.9 Å². The minimum Gasteiger partial charge on any atom is -0.493 e. The first-order chi connectivity index (χ1) is 8.46. The van der Waals surface area contributed by atoms with Crippen LogP contribution in [0.1, 0.15) is 26.7 Å². The first-order valence-electron chi connectivity index (χ1n) is 6.20. The molecule has 2 heterocycles. The molecule has 4 nitrogen and oxygen atoms in total. The van der Waals surface area contributed by atoms with Gasteiger partial charge in [-0.05, 0) is 38.7 Å². The van der Waals surface area contributed by atoms with Gasteiger partial charge in [-0.2, -0.15) is 4.98 Å². The van der Waals surface area contributed by atoms with E-state index < -0.39 is 5.82 Å². The Kier molecular flexibility index (Phi) is 3.71. The molecule has 1 saturated heterocycles. The lowest BCUT2D eigenvalue weighted by Crippen LogP contribution is -2.36. The average Bonchev–Trinajstić information content (AvgIpc) is 2.29. The number of aromatic hydroxyl groups is 1. The van der Waals surface area contributed by atoms with Crippen LogP contribution >= 0.6 is 0 Å². The fourth-order valence-corrected chi connectivity index (χ4v) is 2.33. The Balaban J connectivity index is 1.93. The van der Waals surface area contributed by atoms with Gasteiger partial charge in [-0.3, -0.25) is 0 Å². The molecule has 1 fully saturated rings. The summed E-state index contributed by atoms with van der Waals surface area (Å²) in [5, 5.41) is 12.2. The van der Waals surface area contributed by atoms with Crippen molar-refractivity contribution in [2.24, 2.45) is 5.92 Å². The van der Waals surface area contributed by atoms with E-state index in [0.29, 0.717) is 12.5 Å². The van der Waals surface area contributed by atoms with Crippen molar-refractivity contribution >= 4 is 5.82 Å². The molecule has 0 radical (unpaired) electrons. The van der Waals surface area contributed by atoms with E-state index in [2.05, 4.69) is 24.1 Å². The van der Waals surface area contributed by atoms with E-state index in [4.69, 9.17) is 4.74 Å². The number of pyridine rings is 1. The normalized spacial score (nSPS) is 22.7. The minimum atomic E-state index is -0.445. The molecule has 0 amide bonds. The number of hydrogen-bond acceptors (Lipinski definition) is 4. The van der Waals surface area contributed by atoms with Gasteiger partial charge in [-0.15, -0.1) is 0 Å². The van der Waals surface area contributed by atoms with E-state index in [1.807, 2.05) is 0 Å². The maximum absolute atomic E-state index is 13.4. The predicted molar refractivity (Wildman–Crippen MR) is 67.1 cm³/mol. The van der Waals surface area contributed by atoms with Gasteiger partial charge in [0, 0.05) is 19.2 Å². The fourth-order valence-electron chi connectivity index (χ4n) is 2.33. The van der Waals surface area contributed by atoms with Crippen LogP contribution in [0.4, 0.5) is 10.2 Å². The van der Waals surface area contributed by atoms with Crippen LogP contribution in [0.25, 0.3) is 0 Å². The van der Waals surface area contributed by atoms with E-state index in [9.17, 15) is 9.50 Å². The highest BCUT2D eigenvalue weighted by molar-refractivity contribution is 5.38. The lowest BCUT2D eigenvalue weighted by atomic mass is 9.88. The standard InChI is InChI=1S/C13H19FN2O2/c1-13(2)7-9(5-6-18-13)8-15-12-10(14)3-4-11(17)16-12/h3-4,9H,5-8H2,1-2H3,(H2,15,16,17). The van der Waals surface area contributed by atoms with Gasteiger partial charge in [0.25, 0.3) is 0 Å². The first-order valence-corrected chi connectivity index (χ1v) is 6.20. The lowest BCUT2D eigenvalue weighted by molar-refractivity contribution is -0.0700. The summed E-state index contributed by atoms with van der Waals surface area (Å²) in [6, 6.07) is 2.44. The van der Waals surface area contributed by atoms with Crippen molar-refractivity contribution in [2.45, 2.75) is 32.3 Å². The van der Waals surface area contributed by atoms with Crippen LogP contribution in [0, 0.1) is 11.7 Å². The molecule has 1 aromatic heterocycles. The summed E-state index contributed by atoms with van der Waals surface area (Å²) in [6.45, 7) is 5.49. The minimum absolute atomic E-state index is 0.110. The van der Waals surface area contributed by atoms with Gasteiger partial charge in [0.2, 0.25) is 5.88 Å². The van der Waals surface area contributed by atoms with Crippen LogP contribution < -0.4 is 5.32 Å². The summed E-state index contributed by atoms with van der Waals surface area (Å²) in [5.41, 5.74) is -0.116. The zero-order valence-electron chi connectivity index (χ0n) is 10.7. The molecule has 0 spiro atoms. The number of ether oxygens (including phenoxy) is 1. The molecular weight excluding hydrogens is 235 g/mol. The van der Waals surface area contributed by atoms with Gasteiger partial charge in [0.1, 0.15) is 0 Å². The average molecular weight is 254 g/mol. The smallest absolute Gasteiger partial charge is 0.212 e. The maximum atomic E-state index is 13.4. The number of hydrogen-bond donors (Lipinski definition) is 2. The molecule has 2 rings (SSSR count). The quantitative estimate of drug-likeness (QED) is 0.870. The Labute approximate surface area is 106 Å². The third-order valence-electron chi connectivity index (χ3n) is 3.19. The Morgan fingerprint density at radius 3 is 3.06 bits per heavy atom. The molecule has 1 atom stereocenters. The summed E-state index contributed by atoms with van der Waals surface area (Å²) in [7, 11) is 0. The zero-order valence-corrected chi connectivity index (χ0v) is 10.7. The largest absolute Gasteiger partial charge is 0.493 e. The highest BCUT2D eigenvalue weighted by Gasteiger charge is 2.28. The first kappa shape index (κ1) is 13.1. The molecule has 100 valence electrons. The fraction of sp³-hybridized carbons (Fsp3) is 0.615. The second-order valence-corrected chi connectivity index (χ2v) is 5.35. The molecule has 2 N–H and O–H groups in total. The second-order valence-electron chi connectivity index (χ2n) is 5.35. The van der Waals surface area contributed by atoms with Gasteiger partial charge in [-0.1, -0.05) is 0 Å². The molecule has 0 bridgehead atoms. The van der Waals surface area contributed by atoms with Gasteiger partial charge in [0.15, 0.2) is 11.6 Å². The Bertz CT molecular complexity index is 423. The molecule has 0 saturated carbocycles. The number of anilines is 1. The maximum Gasteiger partial charge on any atom is 0.212 e. The summed E-state index contributed by atoms with van der Waals surface area (Å²) in [6.07, 6.45) is 1.89. The number of halogens is 1. The van der Waals surface area contributed by atoms with Crippen LogP contribution in [0.2, 0.25) is 0 Å². The molecule has 1 aliphatic heterocycles. The number of rotatable bonds is 3. The summed E-state index contributed by atoms with van der Waals surface area (Å²) < 4.78 is 19.0. The van der Waals surface area contributed by atoms with E-state index in [1.54, 1.807) is 0 Å². The topological polar surface area (TPSA) is 54.4 Å². The van der Waals surface area contributed by atoms with Crippen molar-refractivity contribution in [3.8, 4) is 5.88 Å². The number of aromatic nitrogens is 1. The number of nitrogens with zero attached hydrogens (tertiary/aromatic N) is 1. The Morgan fingerprint density at radius 2 is 2.33 bits per heavy atom. The molecule has 1 aromatic rings. The van der Waals surface area contributed by atoms with Crippen molar-refractivity contribution in [3.63, 3.8) is 0 Å². The zero-order chi connectivity index (χ0) is 13.2. The molecule has 0 aliphatic carbocycles. The molecular formula is C13H19FN2O2. The Hall–Kier alpha value is -1.36. The van der Waals surface area contributed by atoms with Crippen LogP contribution in [0.3, 0.4) is 0 Å². The highest BCUT2D eigenvalue weighted by Crippen LogP contribution is 2.28. The van der Waals surface area contributed by atoms with E-state index in [0.717, 1.165) is 19.4 Å². The third kappa shape index (κ3) is 3.32. The predicted octanol–water partition coefficient (Wildman–Crippen LogP) is 2.54. The lowest BCUT2D eigenvalue weighted by Gasteiger charge is -2.35. The van der Waals surface area contributed by atoms with Crippen LogP contribution in [-0.4, -0.2) is 28.8 Å². The van der Waals surface area contributed by atoms with Crippen LogP contribution in [0.15, 0.2) is 12.1 Å². The van der Waals surface area contributed by atoms with E-state index in [-0.39, 0.29) is 17.3 Å². The third-order valence-corrected chi connectivity index (χ3v) is 3.19. The van der Waals surface area contributed by atoms with E-state index in [1.165, 1.54) is 12.1 Å². The van der Waals surface area contributed by atoms with Crippen molar-refractivity contribution in [2.75, 3.05) is 18.5 Å². The van der Waals surface area contributed by atoms with Crippen molar-refractivity contribution < 1.29 is 14.2 Å². The summed E-state index contributed by atoms with van der Waals surface area (Å²) in [5.74, 6) is -0.0816. The van der Waals surface area contributed by atoms with Crippen molar-refractivity contribution in [1.29, 1.82) is 0 Å².